The van der Waals surface area contributed by atoms with Gasteiger partial charge in [-0.25, -0.2) is 4.79 Å². The summed E-state index contributed by atoms with van der Waals surface area (Å²) in [6.07, 6.45) is 10.8. The van der Waals surface area contributed by atoms with Gasteiger partial charge in [0.1, 0.15) is 12.4 Å². The average Bonchev–Trinajstić information content (AvgIpc) is 3.37. The minimum absolute atomic E-state index is 0.133. The number of aryl methyl sites for hydroxylation is 1. The predicted molar refractivity (Wildman–Crippen MR) is 118 cm³/mol. The molecule has 2 aromatic carbocycles. The molecule has 2 aromatic rings. The molecule has 2 aliphatic carbocycles. The number of carbonyl (C=O) groups is 1. The Morgan fingerprint density at radius 1 is 1.17 bits per heavy atom. The van der Waals surface area contributed by atoms with Crippen LogP contribution in [0.15, 0.2) is 48.5 Å². The Morgan fingerprint density at radius 3 is 2.90 bits per heavy atom. The van der Waals surface area contributed by atoms with Crippen LogP contribution in [0.5, 0.6) is 5.75 Å². The van der Waals surface area contributed by atoms with Gasteiger partial charge in [0.2, 0.25) is 0 Å². The van der Waals surface area contributed by atoms with Crippen LogP contribution >= 0.6 is 0 Å². The van der Waals surface area contributed by atoms with E-state index in [1.54, 1.807) is 7.11 Å². The molecule has 4 nitrogen and oxygen atoms in total. The van der Waals surface area contributed by atoms with Crippen LogP contribution in [0, 0.1) is 5.92 Å². The molecule has 0 bridgehead atoms. The first kappa shape index (κ1) is 19.2. The summed E-state index contributed by atoms with van der Waals surface area (Å²) in [5.74, 6) is 2.00. The van der Waals surface area contributed by atoms with E-state index in [1.165, 1.54) is 23.1 Å². The highest BCUT2D eigenvalue weighted by molar-refractivity contribution is 5.71. The normalized spacial score (nSPS) is 27.8. The van der Waals surface area contributed by atoms with Crippen LogP contribution in [0.1, 0.15) is 53.9 Å². The number of ether oxygens (including phenoxy) is 2. The summed E-state index contributed by atoms with van der Waals surface area (Å²) in [7, 11) is 1.72. The van der Waals surface area contributed by atoms with Gasteiger partial charge in [-0.2, -0.15) is 0 Å². The van der Waals surface area contributed by atoms with Gasteiger partial charge in [-0.1, -0.05) is 48.6 Å². The molecule has 1 spiro atoms. The minimum Gasteiger partial charge on any atom is -0.496 e. The molecule has 1 saturated heterocycles. The number of methoxy groups -OCH3 is 1. The van der Waals surface area contributed by atoms with Gasteiger partial charge < -0.3 is 14.8 Å². The van der Waals surface area contributed by atoms with E-state index in [-0.39, 0.29) is 11.6 Å². The zero-order chi connectivity index (χ0) is 20.6. The van der Waals surface area contributed by atoms with E-state index in [0.29, 0.717) is 18.4 Å². The molecule has 2 fully saturated rings. The van der Waals surface area contributed by atoms with E-state index < -0.39 is 0 Å². The molecule has 30 heavy (non-hydrogen) atoms. The van der Waals surface area contributed by atoms with E-state index in [4.69, 9.17) is 9.47 Å². The van der Waals surface area contributed by atoms with E-state index in [9.17, 15) is 4.79 Å². The van der Waals surface area contributed by atoms with Gasteiger partial charge in [-0.15, -0.1) is 0 Å². The largest absolute Gasteiger partial charge is 0.496 e. The Balaban J connectivity index is 1.26. The lowest BCUT2D eigenvalue weighted by molar-refractivity contribution is 0.172. The zero-order valence-corrected chi connectivity index (χ0v) is 17.5. The molecule has 1 N–H and O–H groups in total. The van der Waals surface area contributed by atoms with Crippen LogP contribution in [-0.4, -0.2) is 25.3 Å². The summed E-state index contributed by atoms with van der Waals surface area (Å²) in [6, 6.07) is 15.2. The smallest absolute Gasteiger partial charge is 0.407 e. The lowest BCUT2D eigenvalue weighted by Crippen LogP contribution is -2.40. The molecule has 1 amide bonds. The van der Waals surface area contributed by atoms with Crippen molar-refractivity contribution in [2.75, 3.05) is 13.7 Å². The van der Waals surface area contributed by atoms with Crippen LogP contribution < -0.4 is 10.1 Å². The molecule has 0 radical (unpaired) electrons. The number of amides is 1. The quantitative estimate of drug-likeness (QED) is 0.757. The van der Waals surface area contributed by atoms with Crippen LogP contribution in [0.4, 0.5) is 4.79 Å². The van der Waals surface area contributed by atoms with Crippen molar-refractivity contribution in [2.24, 2.45) is 5.92 Å². The molecular formula is C26H29NO3. The van der Waals surface area contributed by atoms with Crippen molar-refractivity contribution in [2.45, 2.75) is 50.0 Å². The van der Waals surface area contributed by atoms with Crippen LogP contribution in [0.2, 0.25) is 0 Å². The Morgan fingerprint density at radius 2 is 2.07 bits per heavy atom. The summed E-state index contributed by atoms with van der Waals surface area (Å²) in [5.41, 5.74) is 5.41. The topological polar surface area (TPSA) is 47.6 Å². The Labute approximate surface area is 178 Å². The number of fused-ring (bicyclic) bond motifs is 1. The number of carbonyl (C=O) groups excluding carboxylic acids is 1. The van der Waals surface area contributed by atoms with Gasteiger partial charge in [0.25, 0.3) is 0 Å². The number of allylic oxidation sites excluding steroid dienone is 1. The first-order chi connectivity index (χ1) is 14.6. The number of hydrogen-bond acceptors (Lipinski definition) is 3. The molecule has 1 saturated carbocycles. The molecule has 3 atom stereocenters. The molecule has 1 heterocycles. The second-order valence-electron chi connectivity index (χ2n) is 9.05. The van der Waals surface area contributed by atoms with Gasteiger partial charge >= 0.3 is 6.09 Å². The third kappa shape index (κ3) is 3.71. The Bertz CT molecular complexity index is 982. The first-order valence-corrected chi connectivity index (χ1v) is 11.0. The average molecular weight is 404 g/mol. The van der Waals surface area contributed by atoms with Crippen LogP contribution in [-0.2, 0) is 17.6 Å². The number of para-hydroxylation sites is 1. The third-order valence-electron chi connectivity index (χ3n) is 7.11. The van der Waals surface area contributed by atoms with E-state index in [2.05, 4.69) is 47.8 Å². The molecule has 4 heteroatoms. The van der Waals surface area contributed by atoms with E-state index in [1.807, 2.05) is 12.1 Å². The van der Waals surface area contributed by atoms with Crippen molar-refractivity contribution in [1.82, 2.24) is 5.32 Å². The number of nitrogens with one attached hydrogen (secondary N) is 1. The second-order valence-corrected chi connectivity index (χ2v) is 9.05. The lowest BCUT2D eigenvalue weighted by Gasteiger charge is -2.24. The maximum Gasteiger partial charge on any atom is 0.407 e. The molecule has 0 aromatic heterocycles. The maximum absolute atomic E-state index is 11.5. The van der Waals surface area contributed by atoms with E-state index >= 15 is 0 Å². The highest BCUT2D eigenvalue weighted by Gasteiger charge is 2.46. The number of hydrogen-bond donors (Lipinski definition) is 1. The monoisotopic (exact) mass is 403 g/mol. The summed E-state index contributed by atoms with van der Waals surface area (Å²) >= 11 is 0. The number of cyclic esters (lactones) is 1. The lowest BCUT2D eigenvalue weighted by atomic mass is 9.81. The van der Waals surface area contributed by atoms with Crippen molar-refractivity contribution in [3.63, 3.8) is 0 Å². The summed E-state index contributed by atoms with van der Waals surface area (Å²) in [6.45, 7) is 0.521. The highest BCUT2D eigenvalue weighted by atomic mass is 16.6. The molecule has 1 aliphatic heterocycles. The minimum atomic E-state index is -0.256. The van der Waals surface area contributed by atoms with E-state index in [0.717, 1.165) is 43.4 Å². The maximum atomic E-state index is 11.5. The van der Waals surface area contributed by atoms with Crippen LogP contribution in [0.3, 0.4) is 0 Å². The van der Waals surface area contributed by atoms with Crippen molar-refractivity contribution in [3.05, 3.63) is 70.8 Å². The summed E-state index contributed by atoms with van der Waals surface area (Å²) in [5, 5.41) is 3.06. The number of rotatable bonds is 4. The zero-order valence-electron chi connectivity index (χ0n) is 17.5. The molecular weight excluding hydrogens is 374 g/mol. The van der Waals surface area contributed by atoms with Gasteiger partial charge in [-0.3, -0.25) is 0 Å². The fourth-order valence-electron chi connectivity index (χ4n) is 5.41. The van der Waals surface area contributed by atoms with Crippen molar-refractivity contribution in [3.8, 4) is 5.75 Å². The highest BCUT2D eigenvalue weighted by Crippen LogP contribution is 2.43. The fourth-order valence-corrected chi connectivity index (χ4v) is 5.41. The van der Waals surface area contributed by atoms with Crippen molar-refractivity contribution >= 4 is 12.2 Å². The standard InChI is InChI=1S/C26H29NO3/c1-29-24-5-3-2-4-19(24)8-6-18-7-9-21-15-22(11-10-20(21)14-18)23-12-13-26(16-23)17-30-25(28)27-26/h2-6,8,10-11,15,18,23H,7,9,12-14,16-17H2,1H3,(H,27,28)/b8-6+/t18-,23+,26-/m1/s1. The second kappa shape index (κ2) is 7.82. The summed E-state index contributed by atoms with van der Waals surface area (Å²) < 4.78 is 10.6. The van der Waals surface area contributed by atoms with Crippen molar-refractivity contribution < 1.29 is 14.3 Å². The SMILES string of the molecule is COc1ccccc1/C=C/[C@@H]1CCc2cc([C@H]3CC[C@]4(COC(=O)N4)C3)ccc2C1. The van der Waals surface area contributed by atoms with Crippen molar-refractivity contribution in [1.29, 1.82) is 0 Å². The number of benzene rings is 2. The van der Waals surface area contributed by atoms with Gasteiger partial charge in [0.05, 0.1) is 12.6 Å². The number of alkyl carbamates (subject to hydrolysis) is 1. The molecule has 156 valence electrons. The summed E-state index contributed by atoms with van der Waals surface area (Å²) in [4.78, 5) is 11.5. The van der Waals surface area contributed by atoms with Gasteiger partial charge in [0, 0.05) is 5.56 Å². The predicted octanol–water partition coefficient (Wildman–Crippen LogP) is 5.26. The van der Waals surface area contributed by atoms with Gasteiger partial charge in [-0.05, 0) is 73.1 Å². The molecule has 5 rings (SSSR count). The fraction of sp³-hybridized carbons (Fsp3) is 0.423. The molecule has 3 aliphatic rings. The third-order valence-corrected chi connectivity index (χ3v) is 7.11. The first-order valence-electron chi connectivity index (χ1n) is 11.0. The Kier molecular flexibility index (Phi) is 5.01. The van der Waals surface area contributed by atoms with Crippen LogP contribution in [0.25, 0.3) is 6.08 Å². The van der Waals surface area contributed by atoms with Gasteiger partial charge in [0.15, 0.2) is 0 Å². The molecule has 0 unspecified atom stereocenters. The Hall–Kier alpha value is -2.75.